The monoisotopic (exact) mass is 332 g/mol. The Hall–Kier alpha value is -0.820. The van der Waals surface area contributed by atoms with Crippen LogP contribution in [0, 0.1) is 5.41 Å². The van der Waals surface area contributed by atoms with E-state index in [2.05, 4.69) is 29.1 Å². The lowest BCUT2D eigenvalue weighted by Gasteiger charge is -2.24. The lowest BCUT2D eigenvalue weighted by atomic mass is 9.93. The molecule has 0 aromatic carbocycles. The van der Waals surface area contributed by atoms with Crippen LogP contribution < -0.4 is 5.32 Å². The molecule has 0 aromatic heterocycles. The van der Waals surface area contributed by atoms with E-state index in [-0.39, 0.29) is 5.75 Å². The molecule has 1 fully saturated rings. The zero-order chi connectivity index (χ0) is 16.8. The van der Waals surface area contributed by atoms with Crippen LogP contribution in [-0.4, -0.2) is 68.6 Å². The Labute approximate surface area is 136 Å². The summed E-state index contributed by atoms with van der Waals surface area (Å²) in [5.74, 6) is 0.906. The molecular formula is C15H32N4O2S. The van der Waals surface area contributed by atoms with Crippen LogP contribution in [0.1, 0.15) is 41.0 Å². The predicted molar refractivity (Wildman–Crippen MR) is 92.7 cm³/mol. The SMILES string of the molecule is CCNC(=NCCS(=O)(=O)N(CC)CC)N1CCC(C)(C)C1. The van der Waals surface area contributed by atoms with E-state index in [0.29, 0.717) is 25.0 Å². The van der Waals surface area contributed by atoms with Crippen LogP contribution >= 0.6 is 0 Å². The molecule has 1 aliphatic rings. The second kappa shape index (κ2) is 8.15. The molecule has 7 heteroatoms. The molecule has 0 saturated carbocycles. The third-order valence-electron chi connectivity index (χ3n) is 4.02. The van der Waals surface area contributed by atoms with Crippen molar-refractivity contribution < 1.29 is 8.42 Å². The molecule has 130 valence electrons. The van der Waals surface area contributed by atoms with Crippen LogP contribution in [0.4, 0.5) is 0 Å². The summed E-state index contributed by atoms with van der Waals surface area (Å²) in [5.41, 5.74) is 0.295. The van der Waals surface area contributed by atoms with Gasteiger partial charge in [-0.1, -0.05) is 27.7 Å². The number of hydrogen-bond donors (Lipinski definition) is 1. The number of nitrogens with zero attached hydrogens (tertiary/aromatic N) is 3. The Kier molecular flexibility index (Phi) is 7.12. The molecule has 1 aliphatic heterocycles. The van der Waals surface area contributed by atoms with Crippen molar-refractivity contribution in [3.8, 4) is 0 Å². The van der Waals surface area contributed by atoms with Gasteiger partial charge in [-0.2, -0.15) is 0 Å². The highest BCUT2D eigenvalue weighted by Gasteiger charge is 2.31. The highest BCUT2D eigenvalue weighted by atomic mass is 32.2. The smallest absolute Gasteiger partial charge is 0.215 e. The second-order valence-corrected chi connectivity index (χ2v) is 8.56. The Morgan fingerprint density at radius 1 is 1.27 bits per heavy atom. The first-order chi connectivity index (χ1) is 10.3. The van der Waals surface area contributed by atoms with Crippen molar-refractivity contribution in [3.63, 3.8) is 0 Å². The lowest BCUT2D eigenvalue weighted by molar-refractivity contribution is 0.370. The third-order valence-corrected chi connectivity index (χ3v) is 6.02. The summed E-state index contributed by atoms with van der Waals surface area (Å²) >= 11 is 0. The first kappa shape index (κ1) is 19.2. The van der Waals surface area contributed by atoms with E-state index in [1.807, 2.05) is 20.8 Å². The van der Waals surface area contributed by atoms with Gasteiger partial charge in [-0.15, -0.1) is 0 Å². The van der Waals surface area contributed by atoms with E-state index in [1.54, 1.807) is 0 Å². The molecule has 22 heavy (non-hydrogen) atoms. The standard InChI is InChI=1S/C15H32N4O2S/c1-6-16-14(18-11-9-15(4,5)13-18)17-10-12-22(20,21)19(7-2)8-3/h6-13H2,1-5H3,(H,16,17). The number of sulfonamides is 1. The first-order valence-electron chi connectivity index (χ1n) is 8.26. The summed E-state index contributed by atoms with van der Waals surface area (Å²) in [6.07, 6.45) is 1.13. The van der Waals surface area contributed by atoms with Crippen LogP contribution in [0.3, 0.4) is 0 Å². The van der Waals surface area contributed by atoms with Gasteiger partial charge in [-0.05, 0) is 18.8 Å². The third kappa shape index (κ3) is 5.43. The maximum Gasteiger partial charge on any atom is 0.215 e. The second-order valence-electron chi connectivity index (χ2n) is 6.47. The fourth-order valence-corrected chi connectivity index (χ4v) is 4.10. The zero-order valence-electron chi connectivity index (χ0n) is 14.7. The number of nitrogens with one attached hydrogen (secondary N) is 1. The molecule has 0 amide bonds. The van der Waals surface area contributed by atoms with Crippen LogP contribution in [0.5, 0.6) is 0 Å². The summed E-state index contributed by atoms with van der Waals surface area (Å²) in [5, 5.41) is 3.27. The van der Waals surface area contributed by atoms with Gasteiger partial charge in [-0.25, -0.2) is 12.7 Å². The number of aliphatic imine (C=N–C) groups is 1. The van der Waals surface area contributed by atoms with Gasteiger partial charge in [0.2, 0.25) is 10.0 Å². The highest BCUT2D eigenvalue weighted by Crippen LogP contribution is 2.28. The van der Waals surface area contributed by atoms with Gasteiger partial charge in [0, 0.05) is 32.7 Å². The molecule has 0 aromatic rings. The largest absolute Gasteiger partial charge is 0.357 e. The minimum absolute atomic E-state index is 0.0702. The number of rotatable bonds is 7. The van der Waals surface area contributed by atoms with E-state index in [9.17, 15) is 8.42 Å². The van der Waals surface area contributed by atoms with E-state index >= 15 is 0 Å². The van der Waals surface area contributed by atoms with Gasteiger partial charge in [0.05, 0.1) is 12.3 Å². The zero-order valence-corrected chi connectivity index (χ0v) is 15.5. The van der Waals surface area contributed by atoms with Crippen molar-refractivity contribution in [2.75, 3.05) is 45.0 Å². The van der Waals surface area contributed by atoms with Crippen LogP contribution in [-0.2, 0) is 10.0 Å². The Morgan fingerprint density at radius 3 is 2.36 bits per heavy atom. The topological polar surface area (TPSA) is 65.0 Å². The molecule has 0 radical (unpaired) electrons. The molecule has 0 spiro atoms. The van der Waals surface area contributed by atoms with Crippen molar-refractivity contribution >= 4 is 16.0 Å². The maximum absolute atomic E-state index is 12.2. The van der Waals surface area contributed by atoms with Gasteiger partial charge in [-0.3, -0.25) is 4.99 Å². The quantitative estimate of drug-likeness (QED) is 0.565. The molecular weight excluding hydrogens is 300 g/mol. The maximum atomic E-state index is 12.2. The van der Waals surface area contributed by atoms with Crippen molar-refractivity contribution in [1.82, 2.24) is 14.5 Å². The summed E-state index contributed by atoms with van der Waals surface area (Å²) in [6, 6.07) is 0. The average molecular weight is 333 g/mol. The first-order valence-corrected chi connectivity index (χ1v) is 9.87. The molecule has 0 bridgehead atoms. The van der Waals surface area contributed by atoms with E-state index in [4.69, 9.17) is 0 Å². The lowest BCUT2D eigenvalue weighted by Crippen LogP contribution is -2.41. The summed E-state index contributed by atoms with van der Waals surface area (Å²) < 4.78 is 25.9. The Balaban J connectivity index is 2.68. The van der Waals surface area contributed by atoms with Gasteiger partial charge in [0.15, 0.2) is 5.96 Å². The summed E-state index contributed by atoms with van der Waals surface area (Å²) in [6.45, 7) is 14.3. The van der Waals surface area contributed by atoms with Crippen molar-refractivity contribution in [3.05, 3.63) is 0 Å². The van der Waals surface area contributed by atoms with Gasteiger partial charge in [0.1, 0.15) is 0 Å². The Bertz CT molecular complexity index is 470. The van der Waals surface area contributed by atoms with Crippen molar-refractivity contribution in [2.45, 2.75) is 41.0 Å². The van der Waals surface area contributed by atoms with Crippen molar-refractivity contribution in [1.29, 1.82) is 0 Å². The molecule has 1 rings (SSSR count). The fraction of sp³-hybridized carbons (Fsp3) is 0.933. The fourth-order valence-electron chi connectivity index (χ4n) is 2.73. The van der Waals surface area contributed by atoms with E-state index in [1.165, 1.54) is 4.31 Å². The number of hydrogen-bond acceptors (Lipinski definition) is 3. The van der Waals surface area contributed by atoms with Crippen LogP contribution in [0.15, 0.2) is 4.99 Å². The molecule has 6 nitrogen and oxygen atoms in total. The molecule has 0 unspecified atom stereocenters. The predicted octanol–water partition coefficient (Wildman–Crippen LogP) is 1.36. The van der Waals surface area contributed by atoms with Crippen LogP contribution in [0.2, 0.25) is 0 Å². The Morgan fingerprint density at radius 2 is 1.91 bits per heavy atom. The van der Waals surface area contributed by atoms with Gasteiger partial charge >= 0.3 is 0 Å². The minimum Gasteiger partial charge on any atom is -0.357 e. The van der Waals surface area contributed by atoms with Crippen LogP contribution in [0.25, 0.3) is 0 Å². The molecule has 0 atom stereocenters. The summed E-state index contributed by atoms with van der Waals surface area (Å²) in [4.78, 5) is 6.75. The highest BCUT2D eigenvalue weighted by molar-refractivity contribution is 7.89. The number of likely N-dealkylation sites (tertiary alicyclic amines) is 1. The average Bonchev–Trinajstić information content (AvgIpc) is 2.79. The molecule has 0 aliphatic carbocycles. The summed E-state index contributed by atoms with van der Waals surface area (Å²) in [7, 11) is -3.20. The molecule has 1 N–H and O–H groups in total. The van der Waals surface area contributed by atoms with E-state index in [0.717, 1.165) is 32.0 Å². The number of guanidine groups is 1. The molecule has 1 saturated heterocycles. The van der Waals surface area contributed by atoms with Crippen molar-refractivity contribution in [2.24, 2.45) is 10.4 Å². The molecule has 1 heterocycles. The minimum atomic E-state index is -3.20. The normalized spacial score (nSPS) is 19.0. The van der Waals surface area contributed by atoms with Gasteiger partial charge in [0.25, 0.3) is 0 Å². The van der Waals surface area contributed by atoms with Gasteiger partial charge < -0.3 is 10.2 Å². The van der Waals surface area contributed by atoms with E-state index < -0.39 is 10.0 Å².